The predicted molar refractivity (Wildman–Crippen MR) is 118 cm³/mol. The summed E-state index contributed by atoms with van der Waals surface area (Å²) >= 11 is 6.99. The van der Waals surface area contributed by atoms with Gasteiger partial charge in [0.15, 0.2) is 11.0 Å². The Hall–Kier alpha value is -3.23. The van der Waals surface area contributed by atoms with Crippen molar-refractivity contribution in [2.24, 2.45) is 0 Å². The molecular weight excluding hydrogens is 442 g/mol. The van der Waals surface area contributed by atoms with Crippen LogP contribution in [0.25, 0.3) is 17.1 Å². The van der Waals surface area contributed by atoms with Gasteiger partial charge >= 0.3 is 0 Å². The molecule has 1 aromatic heterocycles. The summed E-state index contributed by atoms with van der Waals surface area (Å²) in [5.41, 5.74) is 1.47. The fraction of sp³-hybridized carbons (Fsp3) is 0.0455. The van der Waals surface area contributed by atoms with Crippen molar-refractivity contribution in [2.45, 2.75) is 5.16 Å². The van der Waals surface area contributed by atoms with Crippen LogP contribution in [-0.2, 0) is 4.79 Å². The molecule has 0 aliphatic rings. The normalized spacial score (nSPS) is 10.8. The van der Waals surface area contributed by atoms with Crippen LogP contribution >= 0.6 is 23.4 Å². The van der Waals surface area contributed by atoms with E-state index in [1.54, 1.807) is 16.7 Å². The molecule has 0 bridgehead atoms. The second-order valence-electron chi connectivity index (χ2n) is 6.45. The summed E-state index contributed by atoms with van der Waals surface area (Å²) in [7, 11) is 0. The van der Waals surface area contributed by atoms with Crippen LogP contribution in [0.1, 0.15) is 0 Å². The summed E-state index contributed by atoms with van der Waals surface area (Å²) < 4.78 is 29.0. The molecule has 0 radical (unpaired) electrons. The Kier molecular flexibility index (Phi) is 6.29. The van der Waals surface area contributed by atoms with Crippen molar-refractivity contribution in [3.63, 3.8) is 0 Å². The zero-order chi connectivity index (χ0) is 21.8. The molecule has 0 aliphatic carbocycles. The highest BCUT2D eigenvalue weighted by molar-refractivity contribution is 7.99. The number of amides is 1. The fourth-order valence-corrected chi connectivity index (χ4v) is 3.79. The van der Waals surface area contributed by atoms with E-state index in [-0.39, 0.29) is 17.3 Å². The Bertz CT molecular complexity index is 1220. The Balaban J connectivity index is 1.59. The molecule has 5 nitrogen and oxygen atoms in total. The SMILES string of the molecule is O=C(CSc1nnc(-c2ccccc2)n1-c1ccc(F)cc1)Nc1cc(Cl)ccc1F. The van der Waals surface area contributed by atoms with Crippen molar-refractivity contribution in [2.75, 3.05) is 11.1 Å². The lowest BCUT2D eigenvalue weighted by Crippen LogP contribution is -2.15. The number of hydrogen-bond acceptors (Lipinski definition) is 4. The van der Waals surface area contributed by atoms with E-state index in [4.69, 9.17) is 11.6 Å². The summed E-state index contributed by atoms with van der Waals surface area (Å²) in [6.07, 6.45) is 0. The number of anilines is 1. The number of benzene rings is 3. The average Bonchev–Trinajstić information content (AvgIpc) is 3.20. The van der Waals surface area contributed by atoms with Gasteiger partial charge in [0.1, 0.15) is 11.6 Å². The number of carbonyl (C=O) groups is 1. The van der Waals surface area contributed by atoms with E-state index in [0.717, 1.165) is 17.3 Å². The van der Waals surface area contributed by atoms with E-state index in [0.29, 0.717) is 21.7 Å². The Morgan fingerprint density at radius 3 is 2.48 bits per heavy atom. The third-order valence-corrected chi connectivity index (χ3v) is 5.45. The predicted octanol–water partition coefficient (Wildman–Crippen LogP) is 5.60. The molecule has 9 heteroatoms. The molecule has 0 saturated carbocycles. The summed E-state index contributed by atoms with van der Waals surface area (Å²) in [5, 5.41) is 11.7. The van der Waals surface area contributed by atoms with Gasteiger partial charge in [-0.05, 0) is 42.5 Å². The van der Waals surface area contributed by atoms with Crippen LogP contribution < -0.4 is 5.32 Å². The van der Waals surface area contributed by atoms with E-state index in [2.05, 4.69) is 15.5 Å². The summed E-state index contributed by atoms with van der Waals surface area (Å²) in [5.74, 6) is -0.865. The Morgan fingerprint density at radius 1 is 1.00 bits per heavy atom. The van der Waals surface area contributed by atoms with E-state index < -0.39 is 11.7 Å². The monoisotopic (exact) mass is 456 g/mol. The molecule has 0 saturated heterocycles. The van der Waals surface area contributed by atoms with Crippen molar-refractivity contribution in [1.82, 2.24) is 14.8 Å². The molecule has 0 fully saturated rings. The van der Waals surface area contributed by atoms with Crippen molar-refractivity contribution >= 4 is 35.0 Å². The van der Waals surface area contributed by atoms with Gasteiger partial charge in [-0.3, -0.25) is 9.36 Å². The maximum Gasteiger partial charge on any atom is 0.234 e. The molecule has 0 aliphatic heterocycles. The molecule has 1 N–H and O–H groups in total. The van der Waals surface area contributed by atoms with Crippen LogP contribution in [0.5, 0.6) is 0 Å². The minimum absolute atomic E-state index is 0.00285. The highest BCUT2D eigenvalue weighted by Crippen LogP contribution is 2.28. The standard InChI is InChI=1S/C22H15ClF2N4OS/c23-15-6-11-18(25)19(12-15)26-20(30)13-31-22-28-27-21(14-4-2-1-3-5-14)29(22)17-9-7-16(24)8-10-17/h1-12H,13H2,(H,26,30). The van der Waals surface area contributed by atoms with Gasteiger partial charge in [0.05, 0.1) is 11.4 Å². The maximum absolute atomic E-state index is 13.9. The molecule has 0 unspecified atom stereocenters. The third kappa shape index (κ3) is 4.92. The molecule has 4 rings (SSSR count). The number of halogens is 3. The van der Waals surface area contributed by atoms with Crippen LogP contribution in [0.15, 0.2) is 78.0 Å². The second kappa shape index (κ2) is 9.28. The number of thioether (sulfide) groups is 1. The second-order valence-corrected chi connectivity index (χ2v) is 7.82. The lowest BCUT2D eigenvalue weighted by molar-refractivity contribution is -0.113. The zero-order valence-electron chi connectivity index (χ0n) is 15.9. The molecule has 31 heavy (non-hydrogen) atoms. The van der Waals surface area contributed by atoms with Crippen LogP contribution in [0.4, 0.5) is 14.5 Å². The maximum atomic E-state index is 13.9. The van der Waals surface area contributed by atoms with Crippen molar-refractivity contribution in [1.29, 1.82) is 0 Å². The van der Waals surface area contributed by atoms with E-state index in [1.807, 2.05) is 30.3 Å². The number of nitrogens with zero attached hydrogens (tertiary/aromatic N) is 3. The average molecular weight is 457 g/mol. The fourth-order valence-electron chi connectivity index (χ4n) is 2.87. The van der Waals surface area contributed by atoms with Gasteiger partial charge in [-0.15, -0.1) is 10.2 Å². The Morgan fingerprint density at radius 2 is 1.74 bits per heavy atom. The van der Waals surface area contributed by atoms with Crippen molar-refractivity contribution in [3.05, 3.63) is 89.5 Å². The number of hydrogen-bond donors (Lipinski definition) is 1. The van der Waals surface area contributed by atoms with Gasteiger partial charge in [0, 0.05) is 16.3 Å². The van der Waals surface area contributed by atoms with Gasteiger partial charge < -0.3 is 5.32 Å². The van der Waals surface area contributed by atoms with Gasteiger partial charge in [-0.2, -0.15) is 0 Å². The molecule has 4 aromatic rings. The van der Waals surface area contributed by atoms with Gasteiger partial charge in [0.2, 0.25) is 5.91 Å². The summed E-state index contributed by atoms with van der Waals surface area (Å²) in [4.78, 5) is 12.4. The highest BCUT2D eigenvalue weighted by Gasteiger charge is 2.18. The molecule has 0 spiro atoms. The molecular formula is C22H15ClF2N4OS. The topological polar surface area (TPSA) is 59.8 Å². The number of aromatic nitrogens is 3. The van der Waals surface area contributed by atoms with E-state index >= 15 is 0 Å². The lowest BCUT2D eigenvalue weighted by atomic mass is 10.2. The number of carbonyl (C=O) groups excluding carboxylic acids is 1. The minimum Gasteiger partial charge on any atom is -0.323 e. The third-order valence-electron chi connectivity index (χ3n) is 4.29. The van der Waals surface area contributed by atoms with Crippen LogP contribution in [-0.4, -0.2) is 26.4 Å². The van der Waals surface area contributed by atoms with Crippen molar-refractivity contribution in [3.8, 4) is 17.1 Å². The van der Waals surface area contributed by atoms with Gasteiger partial charge in [-0.1, -0.05) is 53.7 Å². The molecule has 3 aromatic carbocycles. The molecule has 1 heterocycles. The quantitative estimate of drug-likeness (QED) is 0.384. The first-order chi connectivity index (χ1) is 15.0. The minimum atomic E-state index is -0.580. The van der Waals surface area contributed by atoms with Crippen LogP contribution in [0.2, 0.25) is 5.02 Å². The smallest absolute Gasteiger partial charge is 0.234 e. The van der Waals surface area contributed by atoms with Crippen LogP contribution in [0.3, 0.4) is 0 Å². The highest BCUT2D eigenvalue weighted by atomic mass is 35.5. The van der Waals surface area contributed by atoms with Crippen molar-refractivity contribution < 1.29 is 13.6 Å². The van der Waals surface area contributed by atoms with Gasteiger partial charge in [0.25, 0.3) is 0 Å². The largest absolute Gasteiger partial charge is 0.323 e. The zero-order valence-corrected chi connectivity index (χ0v) is 17.5. The summed E-state index contributed by atoms with van der Waals surface area (Å²) in [6.45, 7) is 0. The van der Waals surface area contributed by atoms with E-state index in [1.165, 1.54) is 30.3 Å². The van der Waals surface area contributed by atoms with Crippen LogP contribution in [0, 0.1) is 11.6 Å². The first-order valence-electron chi connectivity index (χ1n) is 9.16. The molecule has 1 amide bonds. The first kappa shape index (κ1) is 21.0. The number of nitrogens with one attached hydrogen (secondary N) is 1. The van der Waals surface area contributed by atoms with E-state index in [9.17, 15) is 13.6 Å². The summed E-state index contributed by atoms with van der Waals surface area (Å²) in [6, 6.07) is 19.2. The Labute approximate surface area is 186 Å². The molecule has 156 valence electrons. The lowest BCUT2D eigenvalue weighted by Gasteiger charge is -2.11. The first-order valence-corrected chi connectivity index (χ1v) is 10.5. The number of rotatable bonds is 6. The van der Waals surface area contributed by atoms with Gasteiger partial charge in [-0.25, -0.2) is 8.78 Å². The molecule has 0 atom stereocenters.